The van der Waals surface area contributed by atoms with Crippen molar-refractivity contribution in [1.29, 1.82) is 0 Å². The molecule has 1 saturated carbocycles. The molecular weight excluding hydrogens is 248 g/mol. The zero-order chi connectivity index (χ0) is 13.6. The molecule has 2 aromatic heterocycles. The van der Waals surface area contributed by atoms with Crippen LogP contribution in [0.4, 0.5) is 11.8 Å². The van der Waals surface area contributed by atoms with Crippen LogP contribution in [0.1, 0.15) is 6.42 Å². The fourth-order valence-electron chi connectivity index (χ4n) is 2.57. The van der Waals surface area contributed by atoms with Crippen LogP contribution in [0.3, 0.4) is 0 Å². The van der Waals surface area contributed by atoms with Crippen LogP contribution in [-0.2, 0) is 6.54 Å². The molecule has 2 heterocycles. The highest BCUT2D eigenvalue weighted by Crippen LogP contribution is 2.53. The molecule has 0 amide bonds. The summed E-state index contributed by atoms with van der Waals surface area (Å²) in [6.07, 6.45) is 2.40. The second-order valence-electron chi connectivity index (χ2n) is 5.12. The minimum absolute atomic E-state index is 0.0218. The van der Waals surface area contributed by atoms with Crippen LogP contribution >= 0.6 is 0 Å². The molecule has 1 aliphatic carbocycles. The van der Waals surface area contributed by atoms with Gasteiger partial charge in [-0.05, 0) is 12.3 Å². The topological polar surface area (TPSA) is 136 Å². The van der Waals surface area contributed by atoms with E-state index in [-0.39, 0.29) is 36.3 Å². The Hall–Kier alpha value is -1.93. The molecule has 2 aromatic rings. The predicted molar refractivity (Wildman–Crippen MR) is 68.9 cm³/mol. The van der Waals surface area contributed by atoms with Crippen molar-refractivity contribution >= 4 is 22.9 Å². The SMILES string of the molecule is Nc1nc(N)c2ncn(C[C@]3(CO)C[C@H]3CO)c2n1. The van der Waals surface area contributed by atoms with Gasteiger partial charge in [-0.2, -0.15) is 9.97 Å². The average molecular weight is 264 g/mol. The number of nitrogen functional groups attached to an aromatic ring is 2. The van der Waals surface area contributed by atoms with E-state index < -0.39 is 0 Å². The number of anilines is 2. The van der Waals surface area contributed by atoms with E-state index in [0.29, 0.717) is 17.7 Å². The molecule has 0 unspecified atom stereocenters. The van der Waals surface area contributed by atoms with E-state index in [1.165, 1.54) is 0 Å². The lowest BCUT2D eigenvalue weighted by Gasteiger charge is -2.14. The summed E-state index contributed by atoms with van der Waals surface area (Å²) in [6.45, 7) is 0.627. The number of aromatic nitrogens is 4. The standard InChI is InChI=1S/C11H16N6O2/c12-8-7-9(16-10(13)15-8)17(5-14-7)3-11(4-19)1-6(11)2-18/h5-6,18-19H,1-4H2,(H4,12,13,15,16)/t6-,11-/m0/s1. The van der Waals surface area contributed by atoms with Crippen molar-refractivity contribution in [2.45, 2.75) is 13.0 Å². The van der Waals surface area contributed by atoms with Crippen LogP contribution < -0.4 is 11.5 Å². The van der Waals surface area contributed by atoms with Crippen LogP contribution in [0.25, 0.3) is 11.2 Å². The Labute approximate surface area is 109 Å². The summed E-state index contributed by atoms with van der Waals surface area (Å²) in [6, 6.07) is 0. The predicted octanol–water partition coefficient (Wildman–Crippen LogP) is -1.02. The molecule has 0 aromatic carbocycles. The molecule has 6 N–H and O–H groups in total. The molecule has 8 nitrogen and oxygen atoms in total. The van der Waals surface area contributed by atoms with Gasteiger partial charge in [0, 0.05) is 18.6 Å². The zero-order valence-electron chi connectivity index (χ0n) is 10.3. The monoisotopic (exact) mass is 264 g/mol. The number of hydrogen-bond acceptors (Lipinski definition) is 7. The maximum absolute atomic E-state index is 9.51. The molecule has 0 saturated heterocycles. The number of fused-ring (bicyclic) bond motifs is 1. The van der Waals surface area contributed by atoms with E-state index >= 15 is 0 Å². The molecule has 0 spiro atoms. The molecule has 1 fully saturated rings. The largest absolute Gasteiger partial charge is 0.396 e. The van der Waals surface area contributed by atoms with Gasteiger partial charge in [0.1, 0.15) is 5.52 Å². The molecule has 8 heteroatoms. The molecule has 0 bridgehead atoms. The lowest BCUT2D eigenvalue weighted by Crippen LogP contribution is -2.19. The van der Waals surface area contributed by atoms with Crippen LogP contribution in [0.15, 0.2) is 6.33 Å². The van der Waals surface area contributed by atoms with E-state index in [1.807, 2.05) is 0 Å². The van der Waals surface area contributed by atoms with Crippen LogP contribution in [0.5, 0.6) is 0 Å². The Morgan fingerprint density at radius 3 is 2.79 bits per heavy atom. The number of hydrogen-bond donors (Lipinski definition) is 4. The van der Waals surface area contributed by atoms with Crippen molar-refractivity contribution in [3.05, 3.63) is 6.33 Å². The van der Waals surface area contributed by atoms with Crippen molar-refractivity contribution < 1.29 is 10.2 Å². The first-order chi connectivity index (χ1) is 9.09. The molecule has 1 aliphatic rings. The molecule has 3 rings (SSSR count). The summed E-state index contributed by atoms with van der Waals surface area (Å²) >= 11 is 0. The first kappa shape index (κ1) is 12.1. The lowest BCUT2D eigenvalue weighted by atomic mass is 10.1. The summed E-state index contributed by atoms with van der Waals surface area (Å²) < 4.78 is 1.80. The van der Waals surface area contributed by atoms with Gasteiger partial charge in [-0.25, -0.2) is 4.98 Å². The first-order valence-corrected chi connectivity index (χ1v) is 6.05. The summed E-state index contributed by atoms with van der Waals surface area (Å²) in [5.41, 5.74) is 12.1. The van der Waals surface area contributed by atoms with E-state index in [2.05, 4.69) is 15.0 Å². The minimum atomic E-state index is -0.295. The van der Waals surface area contributed by atoms with Crippen molar-refractivity contribution in [1.82, 2.24) is 19.5 Å². The highest BCUT2D eigenvalue weighted by atomic mass is 16.3. The molecular formula is C11H16N6O2. The Bertz CT molecular complexity index is 627. The van der Waals surface area contributed by atoms with E-state index in [9.17, 15) is 10.2 Å². The number of nitrogens with zero attached hydrogens (tertiary/aromatic N) is 4. The number of imidazole rings is 1. The quantitative estimate of drug-likeness (QED) is 0.555. The van der Waals surface area contributed by atoms with Gasteiger partial charge in [-0.15, -0.1) is 0 Å². The fraction of sp³-hybridized carbons (Fsp3) is 0.545. The lowest BCUT2D eigenvalue weighted by molar-refractivity contribution is 0.159. The molecule has 0 aliphatic heterocycles. The maximum Gasteiger partial charge on any atom is 0.224 e. The average Bonchev–Trinajstić information content (AvgIpc) is 2.95. The third kappa shape index (κ3) is 1.80. The Kier molecular flexibility index (Phi) is 2.58. The van der Waals surface area contributed by atoms with Gasteiger partial charge in [0.05, 0.1) is 12.9 Å². The third-order valence-electron chi connectivity index (χ3n) is 3.89. The zero-order valence-corrected chi connectivity index (χ0v) is 10.3. The first-order valence-electron chi connectivity index (χ1n) is 6.05. The van der Waals surface area contributed by atoms with Crippen molar-refractivity contribution in [3.8, 4) is 0 Å². The van der Waals surface area contributed by atoms with Crippen LogP contribution in [-0.4, -0.2) is 42.9 Å². The molecule has 2 atom stereocenters. The second kappa shape index (κ2) is 4.04. The van der Waals surface area contributed by atoms with Gasteiger partial charge >= 0.3 is 0 Å². The minimum Gasteiger partial charge on any atom is -0.396 e. The smallest absolute Gasteiger partial charge is 0.224 e. The van der Waals surface area contributed by atoms with Gasteiger partial charge in [-0.1, -0.05) is 0 Å². The molecule has 19 heavy (non-hydrogen) atoms. The Morgan fingerprint density at radius 1 is 1.37 bits per heavy atom. The van der Waals surface area contributed by atoms with E-state index in [0.717, 1.165) is 6.42 Å². The summed E-state index contributed by atoms with van der Waals surface area (Å²) in [4.78, 5) is 12.2. The number of aliphatic hydroxyl groups excluding tert-OH is 2. The van der Waals surface area contributed by atoms with E-state index in [4.69, 9.17) is 11.5 Å². The van der Waals surface area contributed by atoms with Gasteiger partial charge in [0.2, 0.25) is 5.95 Å². The summed E-state index contributed by atoms with van der Waals surface area (Å²) in [5.74, 6) is 0.458. The van der Waals surface area contributed by atoms with Crippen molar-refractivity contribution in [3.63, 3.8) is 0 Å². The Morgan fingerprint density at radius 2 is 2.16 bits per heavy atom. The molecule has 102 valence electrons. The third-order valence-corrected chi connectivity index (χ3v) is 3.89. The number of aliphatic hydroxyl groups is 2. The van der Waals surface area contributed by atoms with Crippen LogP contribution in [0.2, 0.25) is 0 Å². The van der Waals surface area contributed by atoms with Crippen molar-refractivity contribution in [2.75, 3.05) is 24.7 Å². The fourth-order valence-corrected chi connectivity index (χ4v) is 2.57. The van der Waals surface area contributed by atoms with Gasteiger partial charge in [0.25, 0.3) is 0 Å². The van der Waals surface area contributed by atoms with Gasteiger partial charge < -0.3 is 26.2 Å². The number of nitrogens with two attached hydrogens (primary N) is 2. The molecule has 0 radical (unpaired) electrons. The maximum atomic E-state index is 9.51. The Balaban J connectivity index is 1.98. The highest BCUT2D eigenvalue weighted by molar-refractivity contribution is 5.82. The van der Waals surface area contributed by atoms with Gasteiger partial charge in [0.15, 0.2) is 11.5 Å². The summed E-state index contributed by atoms with van der Waals surface area (Å²) in [7, 11) is 0. The van der Waals surface area contributed by atoms with E-state index in [1.54, 1.807) is 10.9 Å². The van der Waals surface area contributed by atoms with Crippen molar-refractivity contribution in [2.24, 2.45) is 11.3 Å². The highest BCUT2D eigenvalue weighted by Gasteiger charge is 2.53. The van der Waals surface area contributed by atoms with Gasteiger partial charge in [-0.3, -0.25) is 0 Å². The summed E-state index contributed by atoms with van der Waals surface area (Å²) in [5, 5.41) is 18.7. The normalized spacial score (nSPS) is 25.9. The second-order valence-corrected chi connectivity index (χ2v) is 5.12. The van der Waals surface area contributed by atoms with Crippen LogP contribution in [0, 0.1) is 11.3 Å². The number of rotatable bonds is 4.